The highest BCUT2D eigenvalue weighted by molar-refractivity contribution is 4.99. The van der Waals surface area contributed by atoms with Gasteiger partial charge in [0.2, 0.25) is 5.89 Å². The first-order valence-electron chi connectivity index (χ1n) is 7.00. The third kappa shape index (κ3) is 4.19. The maximum absolute atomic E-state index is 12.1. The first-order chi connectivity index (χ1) is 9.42. The molecular weight excluding hydrogens is 271 g/mol. The first-order valence-corrected chi connectivity index (χ1v) is 7.00. The van der Waals surface area contributed by atoms with Crippen LogP contribution in [0.25, 0.3) is 0 Å². The summed E-state index contributed by atoms with van der Waals surface area (Å²) < 4.78 is 41.5. The van der Waals surface area contributed by atoms with Crippen molar-refractivity contribution in [2.75, 3.05) is 7.05 Å². The predicted molar refractivity (Wildman–Crippen MR) is 67.3 cm³/mol. The van der Waals surface area contributed by atoms with Crippen LogP contribution >= 0.6 is 0 Å². The minimum absolute atomic E-state index is 0.0495. The van der Waals surface area contributed by atoms with Crippen LogP contribution in [0.3, 0.4) is 0 Å². The van der Waals surface area contributed by atoms with E-state index >= 15 is 0 Å². The van der Waals surface area contributed by atoms with Crippen LogP contribution in [0.2, 0.25) is 0 Å². The molecule has 1 N–H and O–H groups in total. The monoisotopic (exact) mass is 291 g/mol. The fourth-order valence-electron chi connectivity index (χ4n) is 2.75. The second-order valence-corrected chi connectivity index (χ2v) is 5.49. The molecule has 114 valence electrons. The Labute approximate surface area is 116 Å². The highest BCUT2D eigenvalue weighted by Gasteiger charge is 2.33. The van der Waals surface area contributed by atoms with Crippen molar-refractivity contribution in [2.45, 2.75) is 63.1 Å². The van der Waals surface area contributed by atoms with Crippen LogP contribution in [-0.4, -0.2) is 28.9 Å². The van der Waals surface area contributed by atoms with Crippen LogP contribution in [0, 0.1) is 0 Å². The minimum atomic E-state index is -4.18. The quantitative estimate of drug-likeness (QED) is 0.906. The molecule has 0 unspecified atom stereocenters. The van der Waals surface area contributed by atoms with Crippen LogP contribution in [-0.2, 0) is 12.8 Å². The zero-order chi connectivity index (χ0) is 14.6. The Morgan fingerprint density at radius 2 is 1.95 bits per heavy atom. The van der Waals surface area contributed by atoms with E-state index in [1.807, 2.05) is 7.05 Å². The van der Waals surface area contributed by atoms with Gasteiger partial charge in [-0.05, 0) is 19.9 Å². The van der Waals surface area contributed by atoms with Gasteiger partial charge in [-0.3, -0.25) is 0 Å². The third-order valence-corrected chi connectivity index (χ3v) is 3.97. The van der Waals surface area contributed by atoms with Crippen LogP contribution < -0.4 is 5.32 Å². The lowest BCUT2D eigenvalue weighted by molar-refractivity contribution is -0.134. The number of nitrogens with zero attached hydrogens (tertiary/aromatic N) is 2. The highest BCUT2D eigenvalue weighted by atomic mass is 19.4. The van der Waals surface area contributed by atoms with Crippen molar-refractivity contribution >= 4 is 0 Å². The number of likely N-dealkylation sites (N-methyl/N-ethyl adjacent to an activating group) is 1. The van der Waals surface area contributed by atoms with Crippen molar-refractivity contribution in [2.24, 2.45) is 0 Å². The Hall–Kier alpha value is -1.11. The molecule has 0 saturated heterocycles. The van der Waals surface area contributed by atoms with Gasteiger partial charge in [-0.1, -0.05) is 24.4 Å². The van der Waals surface area contributed by atoms with E-state index in [1.165, 1.54) is 6.42 Å². The van der Waals surface area contributed by atoms with Crippen molar-refractivity contribution in [3.05, 3.63) is 11.7 Å². The van der Waals surface area contributed by atoms with Gasteiger partial charge in [0.05, 0.1) is 6.42 Å². The van der Waals surface area contributed by atoms with Crippen LogP contribution in [0.1, 0.15) is 50.2 Å². The maximum Gasteiger partial charge on any atom is 0.389 e. The number of aromatic nitrogens is 2. The van der Waals surface area contributed by atoms with E-state index in [9.17, 15) is 13.2 Å². The fourth-order valence-corrected chi connectivity index (χ4v) is 2.75. The van der Waals surface area contributed by atoms with Gasteiger partial charge in [0.25, 0.3) is 0 Å². The molecule has 1 saturated carbocycles. The van der Waals surface area contributed by atoms with Gasteiger partial charge in [-0.2, -0.15) is 18.2 Å². The van der Waals surface area contributed by atoms with Gasteiger partial charge in [0, 0.05) is 18.4 Å². The van der Waals surface area contributed by atoms with Crippen molar-refractivity contribution in [3.63, 3.8) is 0 Å². The average Bonchev–Trinajstić information content (AvgIpc) is 2.84. The number of rotatable bonds is 5. The van der Waals surface area contributed by atoms with Crippen molar-refractivity contribution in [3.8, 4) is 0 Å². The van der Waals surface area contributed by atoms with Gasteiger partial charge >= 0.3 is 6.18 Å². The summed E-state index contributed by atoms with van der Waals surface area (Å²) in [7, 11) is 1.91. The Morgan fingerprint density at radius 1 is 1.25 bits per heavy atom. The minimum Gasteiger partial charge on any atom is -0.339 e. The number of alkyl halides is 3. The van der Waals surface area contributed by atoms with E-state index < -0.39 is 12.6 Å². The van der Waals surface area contributed by atoms with Crippen LogP contribution in [0.15, 0.2) is 4.52 Å². The van der Waals surface area contributed by atoms with Crippen LogP contribution in [0.5, 0.6) is 0 Å². The zero-order valence-corrected chi connectivity index (χ0v) is 11.6. The standard InChI is InChI=1S/C13H20F3N3O/c1-17-12(6-3-2-4-7-12)9-11-18-10(19-20-11)5-8-13(14,15)16/h17H,2-9H2,1H3. The molecule has 0 amide bonds. The lowest BCUT2D eigenvalue weighted by Crippen LogP contribution is -2.46. The molecule has 1 aliphatic rings. The molecule has 0 bridgehead atoms. The first kappa shape index (κ1) is 15.3. The second-order valence-electron chi connectivity index (χ2n) is 5.49. The number of hydrogen-bond acceptors (Lipinski definition) is 4. The summed E-state index contributed by atoms with van der Waals surface area (Å²) in [4.78, 5) is 4.08. The summed E-state index contributed by atoms with van der Waals surface area (Å²) in [5.74, 6) is 0.567. The van der Waals surface area contributed by atoms with Gasteiger partial charge in [0.1, 0.15) is 0 Å². The van der Waals surface area contributed by atoms with E-state index in [4.69, 9.17) is 4.52 Å². The Bertz CT molecular complexity index is 425. The molecule has 1 heterocycles. The number of nitrogens with one attached hydrogen (secondary N) is 1. The maximum atomic E-state index is 12.1. The molecule has 1 fully saturated rings. The van der Waals surface area contributed by atoms with Gasteiger partial charge in [0.15, 0.2) is 5.82 Å². The fraction of sp³-hybridized carbons (Fsp3) is 0.846. The van der Waals surface area contributed by atoms with E-state index in [2.05, 4.69) is 15.5 Å². The van der Waals surface area contributed by atoms with Crippen LogP contribution in [0.4, 0.5) is 13.2 Å². The Kier molecular flexibility index (Phi) is 4.67. The summed E-state index contributed by atoms with van der Waals surface area (Å²) in [6.45, 7) is 0. The van der Waals surface area contributed by atoms with Crippen molar-refractivity contribution in [1.29, 1.82) is 0 Å². The highest BCUT2D eigenvalue weighted by Crippen LogP contribution is 2.30. The summed E-state index contributed by atoms with van der Waals surface area (Å²) in [6, 6.07) is 0. The molecule has 0 aromatic carbocycles. The molecule has 1 aromatic rings. The van der Waals surface area contributed by atoms with E-state index in [0.29, 0.717) is 12.3 Å². The second kappa shape index (κ2) is 6.11. The average molecular weight is 291 g/mol. The lowest BCUT2D eigenvalue weighted by atomic mass is 9.79. The number of halogens is 3. The summed E-state index contributed by atoms with van der Waals surface area (Å²) in [5.41, 5.74) is -0.0495. The third-order valence-electron chi connectivity index (χ3n) is 3.97. The van der Waals surface area contributed by atoms with Crippen molar-refractivity contribution in [1.82, 2.24) is 15.5 Å². The van der Waals surface area contributed by atoms with E-state index in [-0.39, 0.29) is 17.8 Å². The van der Waals surface area contributed by atoms with Gasteiger partial charge in [-0.25, -0.2) is 0 Å². The lowest BCUT2D eigenvalue weighted by Gasteiger charge is -2.36. The van der Waals surface area contributed by atoms with E-state index in [0.717, 1.165) is 25.7 Å². The molecule has 0 atom stereocenters. The Morgan fingerprint density at radius 3 is 2.55 bits per heavy atom. The molecule has 0 radical (unpaired) electrons. The molecule has 0 spiro atoms. The molecule has 1 aromatic heterocycles. The summed E-state index contributed by atoms with van der Waals surface area (Å²) >= 11 is 0. The largest absolute Gasteiger partial charge is 0.389 e. The molecule has 1 aliphatic carbocycles. The predicted octanol–water partition coefficient (Wildman–Crippen LogP) is 3.03. The van der Waals surface area contributed by atoms with Crippen molar-refractivity contribution < 1.29 is 17.7 Å². The molecule has 0 aliphatic heterocycles. The molecule has 7 heteroatoms. The van der Waals surface area contributed by atoms with Gasteiger partial charge < -0.3 is 9.84 Å². The SMILES string of the molecule is CNC1(Cc2nc(CCC(F)(F)F)no2)CCCCC1. The topological polar surface area (TPSA) is 51.0 Å². The summed E-state index contributed by atoms with van der Waals surface area (Å²) in [5, 5.41) is 6.96. The molecular formula is C13H20F3N3O. The zero-order valence-electron chi connectivity index (χ0n) is 11.6. The smallest absolute Gasteiger partial charge is 0.339 e. The number of hydrogen-bond donors (Lipinski definition) is 1. The molecule has 20 heavy (non-hydrogen) atoms. The summed E-state index contributed by atoms with van der Waals surface area (Å²) in [6.07, 6.45) is 0.852. The van der Waals surface area contributed by atoms with E-state index in [1.54, 1.807) is 0 Å². The molecule has 2 rings (SSSR count). The molecule has 4 nitrogen and oxygen atoms in total. The van der Waals surface area contributed by atoms with Gasteiger partial charge in [-0.15, -0.1) is 0 Å². The Balaban J connectivity index is 1.94. The normalized spacial score (nSPS) is 19.2. The number of aryl methyl sites for hydroxylation is 1.